The molecule has 0 atom stereocenters. The molecule has 0 radical (unpaired) electrons. The van der Waals surface area contributed by atoms with Crippen LogP contribution in [0.2, 0.25) is 0 Å². The van der Waals surface area contributed by atoms with Gasteiger partial charge in [-0.2, -0.15) is 0 Å². The van der Waals surface area contributed by atoms with Crippen LogP contribution in [-0.2, 0) is 6.54 Å². The van der Waals surface area contributed by atoms with Crippen LogP contribution in [0.5, 0.6) is 0 Å². The molecular formula is C14H16BrN3. The van der Waals surface area contributed by atoms with Crippen molar-refractivity contribution in [1.29, 1.82) is 0 Å². The van der Waals surface area contributed by atoms with Crippen molar-refractivity contribution in [3.05, 3.63) is 52.8 Å². The zero-order valence-corrected chi connectivity index (χ0v) is 12.1. The van der Waals surface area contributed by atoms with Crippen LogP contribution in [0.3, 0.4) is 0 Å². The topological polar surface area (TPSA) is 29.0 Å². The minimum atomic E-state index is 0.353. The summed E-state index contributed by atoms with van der Waals surface area (Å²) in [6.45, 7) is 5.11. The number of aromatic nitrogens is 2. The number of nitrogens with zero attached hydrogens (tertiary/aromatic N) is 3. The van der Waals surface area contributed by atoms with E-state index >= 15 is 0 Å². The Kier molecular flexibility index (Phi) is 4.31. The summed E-state index contributed by atoms with van der Waals surface area (Å²) in [6, 6.07) is 10.7. The number of benzene rings is 1. The van der Waals surface area contributed by atoms with E-state index in [0.29, 0.717) is 6.04 Å². The van der Waals surface area contributed by atoms with E-state index in [4.69, 9.17) is 0 Å². The molecule has 0 unspecified atom stereocenters. The van der Waals surface area contributed by atoms with Gasteiger partial charge in [0, 0.05) is 25.0 Å². The van der Waals surface area contributed by atoms with Gasteiger partial charge in [-0.1, -0.05) is 30.3 Å². The minimum absolute atomic E-state index is 0.353. The summed E-state index contributed by atoms with van der Waals surface area (Å²) in [5, 5.41) is 0. The van der Waals surface area contributed by atoms with Crippen molar-refractivity contribution < 1.29 is 0 Å². The van der Waals surface area contributed by atoms with Gasteiger partial charge in [-0.05, 0) is 35.3 Å². The molecule has 1 aromatic heterocycles. The van der Waals surface area contributed by atoms with Crippen molar-refractivity contribution in [3.63, 3.8) is 0 Å². The molecule has 0 bridgehead atoms. The third kappa shape index (κ3) is 3.29. The first-order valence-electron chi connectivity index (χ1n) is 5.95. The lowest BCUT2D eigenvalue weighted by atomic mass is 10.2. The number of hydrogen-bond acceptors (Lipinski definition) is 3. The smallest absolute Gasteiger partial charge is 0.225 e. The monoisotopic (exact) mass is 305 g/mol. The van der Waals surface area contributed by atoms with Gasteiger partial charge >= 0.3 is 0 Å². The second kappa shape index (κ2) is 5.96. The average molecular weight is 306 g/mol. The summed E-state index contributed by atoms with van der Waals surface area (Å²) in [4.78, 5) is 10.9. The summed E-state index contributed by atoms with van der Waals surface area (Å²) in [5.74, 6) is 0.761. The highest BCUT2D eigenvalue weighted by Gasteiger charge is 2.13. The molecule has 3 nitrogen and oxygen atoms in total. The maximum atomic E-state index is 4.36. The molecule has 0 fully saturated rings. The fraction of sp³-hybridized carbons (Fsp3) is 0.286. The summed E-state index contributed by atoms with van der Waals surface area (Å²) in [5.41, 5.74) is 1.26. The summed E-state index contributed by atoms with van der Waals surface area (Å²) < 4.78 is 0.898. The van der Waals surface area contributed by atoms with Crippen LogP contribution in [0.25, 0.3) is 0 Å². The molecule has 0 amide bonds. The van der Waals surface area contributed by atoms with Crippen molar-refractivity contribution in [2.45, 2.75) is 26.4 Å². The lowest BCUT2D eigenvalue weighted by Gasteiger charge is -2.26. The zero-order chi connectivity index (χ0) is 13.0. The summed E-state index contributed by atoms with van der Waals surface area (Å²) >= 11 is 3.35. The van der Waals surface area contributed by atoms with Gasteiger partial charge in [0.15, 0.2) is 0 Å². The van der Waals surface area contributed by atoms with Crippen LogP contribution in [0.4, 0.5) is 5.95 Å². The van der Waals surface area contributed by atoms with Gasteiger partial charge in [-0.25, -0.2) is 9.97 Å². The standard InChI is InChI=1S/C14H16BrN3/c1-11(2)18(10-12-6-4-3-5-7-12)14-16-8-13(15)9-17-14/h3-9,11H,10H2,1-2H3. The van der Waals surface area contributed by atoms with Crippen LogP contribution in [0.15, 0.2) is 47.2 Å². The maximum Gasteiger partial charge on any atom is 0.225 e. The number of anilines is 1. The lowest BCUT2D eigenvalue weighted by Crippen LogP contribution is -2.31. The second-order valence-corrected chi connectivity index (χ2v) is 5.32. The van der Waals surface area contributed by atoms with Gasteiger partial charge in [0.05, 0.1) is 4.47 Å². The van der Waals surface area contributed by atoms with Crippen LogP contribution in [0.1, 0.15) is 19.4 Å². The first-order chi connectivity index (χ1) is 8.66. The highest BCUT2D eigenvalue weighted by Crippen LogP contribution is 2.16. The van der Waals surface area contributed by atoms with Gasteiger partial charge in [0.1, 0.15) is 0 Å². The fourth-order valence-corrected chi connectivity index (χ4v) is 1.92. The van der Waals surface area contributed by atoms with Gasteiger partial charge in [0.2, 0.25) is 5.95 Å². The quantitative estimate of drug-likeness (QED) is 0.863. The molecule has 0 spiro atoms. The van der Waals surface area contributed by atoms with Gasteiger partial charge in [-0.15, -0.1) is 0 Å². The van der Waals surface area contributed by atoms with E-state index in [1.54, 1.807) is 12.4 Å². The highest BCUT2D eigenvalue weighted by molar-refractivity contribution is 9.10. The van der Waals surface area contributed by atoms with Gasteiger partial charge in [0.25, 0.3) is 0 Å². The first-order valence-corrected chi connectivity index (χ1v) is 6.74. The molecule has 0 saturated carbocycles. The normalized spacial score (nSPS) is 10.7. The Labute approximate surface area is 116 Å². The lowest BCUT2D eigenvalue weighted by molar-refractivity contribution is 0.660. The molecular weight excluding hydrogens is 290 g/mol. The molecule has 0 aliphatic rings. The predicted octanol–water partition coefficient (Wildman–Crippen LogP) is 3.65. The second-order valence-electron chi connectivity index (χ2n) is 4.41. The Balaban J connectivity index is 2.21. The molecule has 1 heterocycles. The van der Waals surface area contributed by atoms with Crippen LogP contribution in [0, 0.1) is 0 Å². The van der Waals surface area contributed by atoms with Crippen molar-refractivity contribution >= 4 is 21.9 Å². The molecule has 2 aromatic rings. The molecule has 18 heavy (non-hydrogen) atoms. The van der Waals surface area contributed by atoms with E-state index in [1.165, 1.54) is 5.56 Å². The summed E-state index contributed by atoms with van der Waals surface area (Å²) in [6.07, 6.45) is 3.56. The summed E-state index contributed by atoms with van der Waals surface area (Å²) in [7, 11) is 0. The van der Waals surface area contributed by atoms with E-state index in [-0.39, 0.29) is 0 Å². The van der Waals surface area contributed by atoms with Crippen molar-refractivity contribution in [3.8, 4) is 0 Å². The molecule has 0 saturated heterocycles. The Morgan fingerprint density at radius 3 is 2.28 bits per heavy atom. The van der Waals surface area contributed by atoms with E-state index < -0.39 is 0 Å². The molecule has 2 rings (SSSR count). The van der Waals surface area contributed by atoms with Crippen molar-refractivity contribution in [1.82, 2.24) is 9.97 Å². The molecule has 94 valence electrons. The van der Waals surface area contributed by atoms with E-state index in [1.807, 2.05) is 6.07 Å². The molecule has 0 aliphatic carbocycles. The third-order valence-electron chi connectivity index (χ3n) is 2.68. The molecule has 0 N–H and O–H groups in total. The van der Waals surface area contributed by atoms with Crippen LogP contribution >= 0.6 is 15.9 Å². The first kappa shape index (κ1) is 13.0. The predicted molar refractivity (Wildman–Crippen MR) is 77.5 cm³/mol. The Bertz CT molecular complexity index is 482. The number of hydrogen-bond donors (Lipinski definition) is 0. The van der Waals surface area contributed by atoms with Gasteiger partial charge in [-0.3, -0.25) is 0 Å². The fourth-order valence-electron chi connectivity index (χ4n) is 1.72. The highest BCUT2D eigenvalue weighted by atomic mass is 79.9. The molecule has 4 heteroatoms. The average Bonchev–Trinajstić information content (AvgIpc) is 2.38. The van der Waals surface area contributed by atoms with E-state index in [9.17, 15) is 0 Å². The number of halogens is 1. The number of rotatable bonds is 4. The minimum Gasteiger partial charge on any atom is -0.334 e. The molecule has 1 aromatic carbocycles. The third-order valence-corrected chi connectivity index (χ3v) is 3.09. The Morgan fingerprint density at radius 2 is 1.72 bits per heavy atom. The Morgan fingerprint density at radius 1 is 1.11 bits per heavy atom. The van der Waals surface area contributed by atoms with E-state index in [0.717, 1.165) is 17.0 Å². The van der Waals surface area contributed by atoms with E-state index in [2.05, 4.69) is 68.9 Å². The SMILES string of the molecule is CC(C)N(Cc1ccccc1)c1ncc(Br)cn1. The zero-order valence-electron chi connectivity index (χ0n) is 10.5. The van der Waals surface area contributed by atoms with Crippen LogP contribution in [-0.4, -0.2) is 16.0 Å². The maximum absolute atomic E-state index is 4.36. The van der Waals surface area contributed by atoms with Gasteiger partial charge < -0.3 is 4.90 Å². The van der Waals surface area contributed by atoms with Crippen LogP contribution < -0.4 is 4.90 Å². The largest absolute Gasteiger partial charge is 0.334 e. The molecule has 0 aliphatic heterocycles. The Hall–Kier alpha value is -1.42. The van der Waals surface area contributed by atoms with Crippen molar-refractivity contribution in [2.75, 3.05) is 4.90 Å². The van der Waals surface area contributed by atoms with Crippen molar-refractivity contribution in [2.24, 2.45) is 0 Å².